The summed E-state index contributed by atoms with van der Waals surface area (Å²) in [7, 11) is 1.30. The summed E-state index contributed by atoms with van der Waals surface area (Å²) in [4.78, 5) is 26.6. The molecule has 0 spiro atoms. The van der Waals surface area contributed by atoms with Crippen molar-refractivity contribution in [3.8, 4) is 0 Å². The first-order chi connectivity index (χ1) is 16.1. The molecule has 0 bridgehead atoms. The lowest BCUT2D eigenvalue weighted by atomic mass is 10.1. The lowest BCUT2D eigenvalue weighted by Crippen LogP contribution is -2.37. The molecule has 2 heterocycles. The molecule has 1 amide bonds. The summed E-state index contributed by atoms with van der Waals surface area (Å²) in [6.07, 6.45) is 2.11. The largest absolute Gasteiger partial charge is 0.468 e. The van der Waals surface area contributed by atoms with Gasteiger partial charge < -0.3 is 13.9 Å². The molecule has 6 nitrogen and oxygen atoms in total. The Morgan fingerprint density at radius 2 is 1.58 bits per heavy atom. The average molecular weight is 443 g/mol. The van der Waals surface area contributed by atoms with Crippen LogP contribution in [0.15, 0.2) is 85.1 Å². The molecule has 0 N–H and O–H groups in total. The van der Waals surface area contributed by atoms with Crippen molar-refractivity contribution in [3.63, 3.8) is 0 Å². The van der Waals surface area contributed by atoms with Gasteiger partial charge in [0, 0.05) is 18.3 Å². The van der Waals surface area contributed by atoms with Crippen molar-refractivity contribution in [2.75, 3.05) is 18.6 Å². The lowest BCUT2D eigenvalue weighted by Gasteiger charge is -2.22. The Kier molecular flexibility index (Phi) is 6.74. The monoisotopic (exact) mass is 442 g/mol. The number of pyridine rings is 1. The van der Waals surface area contributed by atoms with Gasteiger partial charge in [0.05, 0.1) is 18.3 Å². The van der Waals surface area contributed by atoms with Crippen LogP contribution in [0.3, 0.4) is 0 Å². The van der Waals surface area contributed by atoms with E-state index in [0.29, 0.717) is 5.69 Å². The quantitative estimate of drug-likeness (QED) is 0.371. The van der Waals surface area contributed by atoms with Gasteiger partial charge in [-0.2, -0.15) is 0 Å². The van der Waals surface area contributed by atoms with Crippen molar-refractivity contribution in [3.05, 3.63) is 107 Å². The SMILES string of the molecule is COC(=O)CN(C(=O)OCc1ccccc1)c1cccn2c(Cc3ccccc3)c(C)cc12. The Bertz CT molecular complexity index is 1250. The van der Waals surface area contributed by atoms with Crippen molar-refractivity contribution < 1.29 is 19.1 Å². The molecule has 6 heteroatoms. The molecule has 4 rings (SSSR count). The van der Waals surface area contributed by atoms with E-state index in [4.69, 9.17) is 9.47 Å². The van der Waals surface area contributed by atoms with Crippen molar-refractivity contribution in [1.82, 2.24) is 4.40 Å². The molecule has 0 atom stereocenters. The number of esters is 1. The third-order valence-electron chi connectivity index (χ3n) is 5.56. The third kappa shape index (κ3) is 5.06. The van der Waals surface area contributed by atoms with Crippen LogP contribution < -0.4 is 4.90 Å². The normalized spacial score (nSPS) is 10.7. The highest BCUT2D eigenvalue weighted by Gasteiger charge is 2.24. The van der Waals surface area contributed by atoms with Gasteiger partial charge in [-0.05, 0) is 41.8 Å². The molecule has 0 fully saturated rings. The molecule has 168 valence electrons. The van der Waals surface area contributed by atoms with Crippen molar-refractivity contribution >= 4 is 23.3 Å². The summed E-state index contributed by atoms with van der Waals surface area (Å²) < 4.78 is 12.4. The fraction of sp³-hybridized carbons (Fsp3) is 0.185. The number of ether oxygens (including phenoxy) is 2. The summed E-state index contributed by atoms with van der Waals surface area (Å²) in [5.74, 6) is -0.526. The predicted octanol–water partition coefficient (Wildman–Crippen LogP) is 5.15. The number of hydrogen-bond donors (Lipinski definition) is 0. The van der Waals surface area contributed by atoms with E-state index in [0.717, 1.165) is 28.8 Å². The highest BCUT2D eigenvalue weighted by atomic mass is 16.6. The maximum atomic E-state index is 13.1. The van der Waals surface area contributed by atoms with Gasteiger partial charge in [-0.3, -0.25) is 9.69 Å². The number of hydrogen-bond acceptors (Lipinski definition) is 4. The first-order valence-corrected chi connectivity index (χ1v) is 10.8. The van der Waals surface area contributed by atoms with Crippen LogP contribution in [0.1, 0.15) is 22.4 Å². The van der Waals surface area contributed by atoms with Crippen LogP contribution in [0.5, 0.6) is 0 Å². The molecule has 0 saturated carbocycles. The number of benzene rings is 2. The molecule has 0 saturated heterocycles. The zero-order valence-electron chi connectivity index (χ0n) is 18.7. The average Bonchev–Trinajstić information content (AvgIpc) is 3.17. The van der Waals surface area contributed by atoms with Crippen LogP contribution >= 0.6 is 0 Å². The summed E-state index contributed by atoms with van der Waals surface area (Å²) in [5.41, 5.74) is 5.69. The number of methoxy groups -OCH3 is 1. The zero-order valence-corrected chi connectivity index (χ0v) is 18.7. The molecule has 2 aromatic heterocycles. The first-order valence-electron chi connectivity index (χ1n) is 10.8. The summed E-state index contributed by atoms with van der Waals surface area (Å²) in [6, 6.07) is 25.4. The summed E-state index contributed by atoms with van der Waals surface area (Å²) in [5, 5.41) is 0. The number of carbonyl (C=O) groups excluding carboxylic acids is 2. The fourth-order valence-electron chi connectivity index (χ4n) is 3.85. The number of nitrogens with zero attached hydrogens (tertiary/aromatic N) is 2. The molecular formula is C27H26N2O4. The number of carbonyl (C=O) groups is 2. The molecule has 33 heavy (non-hydrogen) atoms. The van der Waals surface area contributed by atoms with E-state index in [1.807, 2.05) is 79.9 Å². The van der Waals surface area contributed by atoms with Crippen LogP contribution in [0.4, 0.5) is 10.5 Å². The molecule has 4 aromatic rings. The first kappa shape index (κ1) is 22.1. The van der Waals surface area contributed by atoms with E-state index >= 15 is 0 Å². The van der Waals surface area contributed by atoms with Crippen molar-refractivity contribution in [2.45, 2.75) is 20.0 Å². The van der Waals surface area contributed by atoms with Gasteiger partial charge in [0.1, 0.15) is 13.2 Å². The molecule has 0 aliphatic rings. The Morgan fingerprint density at radius 3 is 2.24 bits per heavy atom. The fourth-order valence-corrected chi connectivity index (χ4v) is 3.85. The molecule has 0 aliphatic heterocycles. The van der Waals surface area contributed by atoms with Gasteiger partial charge in [-0.1, -0.05) is 60.7 Å². The topological polar surface area (TPSA) is 60.2 Å². The Labute approximate surface area is 193 Å². The number of fused-ring (bicyclic) bond motifs is 1. The minimum Gasteiger partial charge on any atom is -0.468 e. The standard InChI is InChI=1S/C27H26N2O4/c1-20-16-25-23(14-9-15-28(25)24(20)17-21-10-5-3-6-11-21)29(18-26(30)32-2)27(31)33-19-22-12-7-4-8-13-22/h3-16H,17-19H2,1-2H3. The van der Waals surface area contributed by atoms with E-state index in [1.54, 1.807) is 0 Å². The molecule has 0 radical (unpaired) electrons. The summed E-state index contributed by atoms with van der Waals surface area (Å²) in [6.45, 7) is 1.91. The van der Waals surface area contributed by atoms with Gasteiger partial charge in [-0.15, -0.1) is 0 Å². The highest BCUT2D eigenvalue weighted by molar-refractivity contribution is 5.97. The smallest absolute Gasteiger partial charge is 0.415 e. The number of aromatic nitrogens is 1. The lowest BCUT2D eigenvalue weighted by molar-refractivity contribution is -0.138. The van der Waals surface area contributed by atoms with E-state index in [9.17, 15) is 9.59 Å². The van der Waals surface area contributed by atoms with Gasteiger partial charge >= 0.3 is 12.1 Å². The number of rotatable bonds is 7. The van der Waals surface area contributed by atoms with E-state index < -0.39 is 12.1 Å². The number of anilines is 1. The Balaban J connectivity index is 1.68. The van der Waals surface area contributed by atoms with Gasteiger partial charge in [0.2, 0.25) is 0 Å². The minimum absolute atomic E-state index is 0.111. The van der Waals surface area contributed by atoms with Crippen LogP contribution in [-0.4, -0.2) is 30.1 Å². The van der Waals surface area contributed by atoms with Gasteiger partial charge in [-0.25, -0.2) is 4.79 Å². The number of amides is 1. The second-order valence-corrected chi connectivity index (χ2v) is 7.79. The molecule has 0 aliphatic carbocycles. The van der Waals surface area contributed by atoms with Crippen molar-refractivity contribution in [1.29, 1.82) is 0 Å². The Hall–Kier alpha value is -4.06. The zero-order chi connectivity index (χ0) is 23.2. The molecule has 2 aromatic carbocycles. The predicted molar refractivity (Wildman–Crippen MR) is 127 cm³/mol. The second kappa shape index (κ2) is 10.0. The van der Waals surface area contributed by atoms with Crippen LogP contribution in [-0.2, 0) is 27.3 Å². The molecular weight excluding hydrogens is 416 g/mol. The van der Waals surface area contributed by atoms with Gasteiger partial charge in [0.25, 0.3) is 0 Å². The maximum Gasteiger partial charge on any atom is 0.415 e. The maximum absolute atomic E-state index is 13.1. The molecule has 0 unspecified atom stereocenters. The van der Waals surface area contributed by atoms with E-state index in [2.05, 4.69) is 16.5 Å². The number of aryl methyl sites for hydroxylation is 1. The van der Waals surface area contributed by atoms with Crippen LogP contribution in [0.2, 0.25) is 0 Å². The minimum atomic E-state index is -0.610. The van der Waals surface area contributed by atoms with Crippen LogP contribution in [0.25, 0.3) is 5.52 Å². The van der Waals surface area contributed by atoms with Gasteiger partial charge in [0.15, 0.2) is 0 Å². The second-order valence-electron chi connectivity index (χ2n) is 7.79. The van der Waals surface area contributed by atoms with E-state index in [-0.39, 0.29) is 13.2 Å². The summed E-state index contributed by atoms with van der Waals surface area (Å²) >= 11 is 0. The van der Waals surface area contributed by atoms with Crippen LogP contribution in [0, 0.1) is 6.92 Å². The van der Waals surface area contributed by atoms with E-state index in [1.165, 1.54) is 17.6 Å². The third-order valence-corrected chi connectivity index (χ3v) is 5.56. The Morgan fingerprint density at radius 1 is 0.909 bits per heavy atom. The highest BCUT2D eigenvalue weighted by Crippen LogP contribution is 2.28. The van der Waals surface area contributed by atoms with Crippen molar-refractivity contribution in [2.24, 2.45) is 0 Å².